The molecule has 2 atom stereocenters. The molecule has 1 saturated carbocycles. The number of alkyl halides is 1. The first-order valence-corrected chi connectivity index (χ1v) is 4.36. The van der Waals surface area contributed by atoms with Crippen LogP contribution >= 0.6 is 0 Å². The van der Waals surface area contributed by atoms with E-state index in [4.69, 9.17) is 5.73 Å². The molecular formula is C8H15FN2. The van der Waals surface area contributed by atoms with Gasteiger partial charge in [0.2, 0.25) is 0 Å². The quantitative estimate of drug-likeness (QED) is 0.580. The van der Waals surface area contributed by atoms with Crippen LogP contribution in [0, 0.1) is 5.92 Å². The van der Waals surface area contributed by atoms with Crippen LogP contribution in [0.25, 0.3) is 0 Å². The van der Waals surface area contributed by atoms with Gasteiger partial charge >= 0.3 is 0 Å². The Kier molecular flexibility index (Phi) is 1.65. The molecule has 0 aromatic carbocycles. The highest BCUT2D eigenvalue weighted by atomic mass is 19.1. The Morgan fingerprint density at radius 2 is 2.09 bits per heavy atom. The zero-order valence-corrected chi connectivity index (χ0v) is 6.65. The molecular weight excluding hydrogens is 143 g/mol. The first kappa shape index (κ1) is 7.50. The summed E-state index contributed by atoms with van der Waals surface area (Å²) in [6.45, 7) is 1.28. The predicted octanol–water partition coefficient (Wildman–Crippen LogP) is 0.425. The van der Waals surface area contributed by atoms with Crippen molar-refractivity contribution in [3.8, 4) is 0 Å². The smallest absolute Gasteiger partial charge is 0.118 e. The van der Waals surface area contributed by atoms with Crippen molar-refractivity contribution in [2.45, 2.75) is 31.0 Å². The fourth-order valence-corrected chi connectivity index (χ4v) is 2.17. The Hall–Kier alpha value is -0.150. The first-order valence-electron chi connectivity index (χ1n) is 4.36. The van der Waals surface area contributed by atoms with E-state index in [0.29, 0.717) is 6.54 Å². The summed E-state index contributed by atoms with van der Waals surface area (Å²) in [4.78, 5) is 0. The maximum Gasteiger partial charge on any atom is 0.118 e. The zero-order valence-electron chi connectivity index (χ0n) is 6.65. The summed E-state index contributed by atoms with van der Waals surface area (Å²) in [6, 6.07) is 0. The van der Waals surface area contributed by atoms with Crippen LogP contribution in [0.15, 0.2) is 0 Å². The Morgan fingerprint density at radius 1 is 1.36 bits per heavy atom. The molecule has 3 heteroatoms. The molecule has 3 N–H and O–H groups in total. The van der Waals surface area contributed by atoms with E-state index < -0.39 is 6.17 Å². The number of hydrogen-bond acceptors (Lipinski definition) is 2. The summed E-state index contributed by atoms with van der Waals surface area (Å²) in [6.07, 6.45) is 2.50. The van der Waals surface area contributed by atoms with Crippen LogP contribution in [0.3, 0.4) is 0 Å². The van der Waals surface area contributed by atoms with Gasteiger partial charge in [-0.3, -0.25) is 0 Å². The van der Waals surface area contributed by atoms with Gasteiger partial charge in [0.1, 0.15) is 6.17 Å². The summed E-state index contributed by atoms with van der Waals surface area (Å²) >= 11 is 0. The number of halogens is 1. The molecule has 2 unspecified atom stereocenters. The zero-order chi connectivity index (χ0) is 7.90. The molecule has 0 radical (unpaired) electrons. The highest BCUT2D eigenvalue weighted by molar-refractivity contribution is 5.04. The SMILES string of the molecule is NC1(C2CNCC2F)CCC1. The first-order chi connectivity index (χ1) is 5.22. The summed E-state index contributed by atoms with van der Waals surface area (Å²) in [7, 11) is 0. The van der Waals surface area contributed by atoms with Crippen LogP contribution in [0.4, 0.5) is 4.39 Å². The fourth-order valence-electron chi connectivity index (χ4n) is 2.17. The molecule has 1 aliphatic heterocycles. The van der Waals surface area contributed by atoms with Gasteiger partial charge in [0.05, 0.1) is 0 Å². The van der Waals surface area contributed by atoms with Gasteiger partial charge in [0.15, 0.2) is 0 Å². The lowest BCUT2D eigenvalue weighted by molar-refractivity contribution is 0.109. The van der Waals surface area contributed by atoms with Crippen molar-refractivity contribution in [2.75, 3.05) is 13.1 Å². The lowest BCUT2D eigenvalue weighted by Gasteiger charge is -2.43. The van der Waals surface area contributed by atoms with Crippen molar-refractivity contribution in [1.29, 1.82) is 0 Å². The van der Waals surface area contributed by atoms with Gasteiger partial charge in [-0.15, -0.1) is 0 Å². The van der Waals surface area contributed by atoms with Crippen LogP contribution in [0.2, 0.25) is 0 Å². The number of nitrogens with two attached hydrogens (primary N) is 1. The maximum absolute atomic E-state index is 13.2. The lowest BCUT2D eigenvalue weighted by Crippen LogP contribution is -2.55. The van der Waals surface area contributed by atoms with E-state index in [1.165, 1.54) is 6.42 Å². The van der Waals surface area contributed by atoms with E-state index in [-0.39, 0.29) is 11.5 Å². The summed E-state index contributed by atoms with van der Waals surface area (Å²) in [5, 5.41) is 3.04. The van der Waals surface area contributed by atoms with Gasteiger partial charge in [-0.2, -0.15) is 0 Å². The molecule has 2 aliphatic rings. The normalized spacial score (nSPS) is 42.0. The Labute approximate surface area is 66.3 Å². The maximum atomic E-state index is 13.2. The molecule has 0 bridgehead atoms. The van der Waals surface area contributed by atoms with E-state index >= 15 is 0 Å². The third-order valence-corrected chi connectivity index (χ3v) is 3.16. The molecule has 1 aliphatic carbocycles. The minimum atomic E-state index is -0.708. The molecule has 0 aromatic heterocycles. The number of hydrogen-bond donors (Lipinski definition) is 2. The molecule has 1 saturated heterocycles. The number of nitrogens with one attached hydrogen (secondary N) is 1. The van der Waals surface area contributed by atoms with Crippen molar-refractivity contribution >= 4 is 0 Å². The van der Waals surface area contributed by atoms with E-state index in [1.807, 2.05) is 0 Å². The third kappa shape index (κ3) is 1.07. The molecule has 64 valence electrons. The topological polar surface area (TPSA) is 38.0 Å². The van der Waals surface area contributed by atoms with Gasteiger partial charge in [0.25, 0.3) is 0 Å². The average molecular weight is 158 g/mol. The van der Waals surface area contributed by atoms with Gasteiger partial charge in [-0.05, 0) is 19.3 Å². The average Bonchev–Trinajstić information content (AvgIpc) is 2.30. The standard InChI is InChI=1S/C8H15FN2/c9-7-5-11-4-6(7)8(10)2-1-3-8/h6-7,11H,1-5,10H2. The summed E-state index contributed by atoms with van der Waals surface area (Å²) < 4.78 is 13.2. The Bertz CT molecular complexity index is 156. The van der Waals surface area contributed by atoms with Crippen molar-refractivity contribution < 1.29 is 4.39 Å². The second-order valence-corrected chi connectivity index (χ2v) is 3.87. The monoisotopic (exact) mass is 158 g/mol. The van der Waals surface area contributed by atoms with E-state index in [9.17, 15) is 4.39 Å². The second kappa shape index (κ2) is 2.42. The fraction of sp³-hybridized carbons (Fsp3) is 1.00. The molecule has 2 nitrogen and oxygen atoms in total. The third-order valence-electron chi connectivity index (χ3n) is 3.16. The van der Waals surface area contributed by atoms with Crippen LogP contribution in [0.1, 0.15) is 19.3 Å². The van der Waals surface area contributed by atoms with E-state index in [1.54, 1.807) is 0 Å². The van der Waals surface area contributed by atoms with Crippen molar-refractivity contribution in [1.82, 2.24) is 5.32 Å². The summed E-state index contributed by atoms with van der Waals surface area (Å²) in [5.41, 5.74) is 5.85. The van der Waals surface area contributed by atoms with Crippen LogP contribution in [0.5, 0.6) is 0 Å². The molecule has 1 heterocycles. The van der Waals surface area contributed by atoms with Gasteiger partial charge in [-0.25, -0.2) is 4.39 Å². The molecule has 0 aromatic rings. The molecule has 2 fully saturated rings. The minimum Gasteiger partial charge on any atom is -0.325 e. The van der Waals surface area contributed by atoms with Crippen LogP contribution < -0.4 is 11.1 Å². The highest BCUT2D eigenvalue weighted by Gasteiger charge is 2.46. The molecule has 11 heavy (non-hydrogen) atoms. The minimum absolute atomic E-state index is 0.0799. The molecule has 2 rings (SSSR count). The Balaban J connectivity index is 2.02. The predicted molar refractivity (Wildman–Crippen MR) is 42.0 cm³/mol. The van der Waals surface area contributed by atoms with Crippen molar-refractivity contribution in [3.63, 3.8) is 0 Å². The lowest BCUT2D eigenvalue weighted by atomic mass is 9.68. The summed E-state index contributed by atoms with van der Waals surface area (Å²) in [5.74, 6) is 0.0799. The molecule has 0 spiro atoms. The Morgan fingerprint density at radius 3 is 2.45 bits per heavy atom. The van der Waals surface area contributed by atoms with E-state index in [0.717, 1.165) is 19.4 Å². The van der Waals surface area contributed by atoms with Gasteiger partial charge in [0, 0.05) is 24.5 Å². The largest absolute Gasteiger partial charge is 0.325 e. The van der Waals surface area contributed by atoms with E-state index in [2.05, 4.69) is 5.32 Å². The van der Waals surface area contributed by atoms with Crippen LogP contribution in [-0.4, -0.2) is 24.8 Å². The van der Waals surface area contributed by atoms with Crippen molar-refractivity contribution in [2.24, 2.45) is 11.7 Å². The molecule has 0 amide bonds. The second-order valence-electron chi connectivity index (χ2n) is 3.87. The van der Waals surface area contributed by atoms with Crippen LogP contribution in [-0.2, 0) is 0 Å². The van der Waals surface area contributed by atoms with Crippen molar-refractivity contribution in [3.05, 3.63) is 0 Å². The highest BCUT2D eigenvalue weighted by Crippen LogP contribution is 2.39. The number of rotatable bonds is 1. The van der Waals surface area contributed by atoms with Gasteiger partial charge in [-0.1, -0.05) is 0 Å². The van der Waals surface area contributed by atoms with Gasteiger partial charge < -0.3 is 11.1 Å².